The predicted octanol–water partition coefficient (Wildman–Crippen LogP) is 3.77. The van der Waals surface area contributed by atoms with Gasteiger partial charge in [-0.1, -0.05) is 25.3 Å². The van der Waals surface area contributed by atoms with Crippen LogP contribution in [-0.4, -0.2) is 21.7 Å². The van der Waals surface area contributed by atoms with E-state index in [0.29, 0.717) is 11.7 Å². The summed E-state index contributed by atoms with van der Waals surface area (Å²) < 4.78 is 2.43. The molecule has 0 atom stereocenters. The van der Waals surface area contributed by atoms with E-state index in [2.05, 4.69) is 40.0 Å². The number of pyridine rings is 1. The molecule has 0 spiro atoms. The first kappa shape index (κ1) is 16.4. The number of nitrogens with zero attached hydrogens (tertiary/aromatic N) is 3. The van der Waals surface area contributed by atoms with Gasteiger partial charge in [0.1, 0.15) is 5.69 Å². The lowest BCUT2D eigenvalue weighted by molar-refractivity contribution is 0.0950. The van der Waals surface area contributed by atoms with Crippen molar-refractivity contribution in [2.24, 2.45) is 5.10 Å². The maximum Gasteiger partial charge on any atom is 0.289 e. The van der Waals surface area contributed by atoms with Gasteiger partial charge in [-0.2, -0.15) is 5.10 Å². The van der Waals surface area contributed by atoms with Gasteiger partial charge in [-0.25, -0.2) is 5.43 Å². The Morgan fingerprint density at radius 1 is 1.29 bits per heavy atom. The van der Waals surface area contributed by atoms with Crippen molar-refractivity contribution in [1.29, 1.82) is 0 Å². The SMILES string of the molecule is Cc1cc(/C=N\NC(=O)c2ccccn2)c(C)n1C1CCCCC1. The van der Waals surface area contributed by atoms with E-state index in [0.717, 1.165) is 5.56 Å². The molecule has 0 aliphatic heterocycles. The van der Waals surface area contributed by atoms with Crippen LogP contribution in [0.5, 0.6) is 0 Å². The Morgan fingerprint density at radius 3 is 2.79 bits per heavy atom. The Balaban J connectivity index is 1.70. The first-order valence-corrected chi connectivity index (χ1v) is 8.59. The number of nitrogens with one attached hydrogen (secondary N) is 1. The molecule has 1 fully saturated rings. The molecular weight excluding hydrogens is 300 g/mol. The molecule has 1 aliphatic carbocycles. The van der Waals surface area contributed by atoms with Crippen molar-refractivity contribution in [3.05, 3.63) is 53.1 Å². The van der Waals surface area contributed by atoms with Crippen LogP contribution >= 0.6 is 0 Å². The van der Waals surface area contributed by atoms with E-state index in [1.54, 1.807) is 30.6 Å². The van der Waals surface area contributed by atoms with Crippen molar-refractivity contribution in [3.63, 3.8) is 0 Å². The highest BCUT2D eigenvalue weighted by Gasteiger charge is 2.19. The minimum Gasteiger partial charge on any atom is -0.345 e. The number of hydrogen-bond donors (Lipinski definition) is 1. The molecule has 2 aromatic rings. The van der Waals surface area contributed by atoms with Gasteiger partial charge in [0.15, 0.2) is 0 Å². The molecule has 3 rings (SSSR count). The summed E-state index contributed by atoms with van der Waals surface area (Å²) in [7, 11) is 0. The van der Waals surface area contributed by atoms with E-state index < -0.39 is 0 Å². The Morgan fingerprint density at radius 2 is 2.08 bits per heavy atom. The largest absolute Gasteiger partial charge is 0.345 e. The normalized spacial score (nSPS) is 15.8. The van der Waals surface area contributed by atoms with E-state index in [4.69, 9.17) is 0 Å². The number of hydrazone groups is 1. The van der Waals surface area contributed by atoms with Crippen LogP contribution in [0.25, 0.3) is 0 Å². The van der Waals surface area contributed by atoms with Crippen LogP contribution in [0.3, 0.4) is 0 Å². The maximum atomic E-state index is 11.9. The zero-order chi connectivity index (χ0) is 16.9. The van der Waals surface area contributed by atoms with Crippen LogP contribution in [0.15, 0.2) is 35.6 Å². The second kappa shape index (κ2) is 7.43. The van der Waals surface area contributed by atoms with Gasteiger partial charge in [0.25, 0.3) is 5.91 Å². The lowest BCUT2D eigenvalue weighted by atomic mass is 9.95. The van der Waals surface area contributed by atoms with Crippen molar-refractivity contribution in [2.75, 3.05) is 0 Å². The van der Waals surface area contributed by atoms with Crippen molar-refractivity contribution in [3.8, 4) is 0 Å². The van der Waals surface area contributed by atoms with E-state index in [1.807, 2.05) is 0 Å². The first-order chi connectivity index (χ1) is 11.7. The average Bonchev–Trinajstić information content (AvgIpc) is 2.90. The summed E-state index contributed by atoms with van der Waals surface area (Å²) in [5, 5.41) is 4.10. The molecule has 0 bridgehead atoms. The monoisotopic (exact) mass is 324 g/mol. The first-order valence-electron chi connectivity index (χ1n) is 8.59. The zero-order valence-electron chi connectivity index (χ0n) is 14.3. The fourth-order valence-corrected chi connectivity index (χ4v) is 3.55. The van der Waals surface area contributed by atoms with Crippen molar-refractivity contribution >= 4 is 12.1 Å². The molecule has 24 heavy (non-hydrogen) atoms. The smallest absolute Gasteiger partial charge is 0.289 e. The molecule has 5 nitrogen and oxygen atoms in total. The van der Waals surface area contributed by atoms with E-state index in [9.17, 15) is 4.79 Å². The van der Waals surface area contributed by atoms with Gasteiger partial charge < -0.3 is 4.57 Å². The molecule has 1 N–H and O–H groups in total. The van der Waals surface area contributed by atoms with Crippen LogP contribution in [0.2, 0.25) is 0 Å². The molecule has 0 saturated heterocycles. The van der Waals surface area contributed by atoms with Gasteiger partial charge >= 0.3 is 0 Å². The molecule has 2 heterocycles. The molecular formula is C19H24N4O. The predicted molar refractivity (Wildman–Crippen MR) is 95.3 cm³/mol. The highest BCUT2D eigenvalue weighted by atomic mass is 16.2. The number of aromatic nitrogens is 2. The number of carbonyl (C=O) groups is 1. The number of hydrogen-bond acceptors (Lipinski definition) is 3. The zero-order valence-corrected chi connectivity index (χ0v) is 14.3. The molecule has 1 aliphatic rings. The Hall–Kier alpha value is -2.43. The fourth-order valence-electron chi connectivity index (χ4n) is 3.55. The van der Waals surface area contributed by atoms with Crippen LogP contribution < -0.4 is 5.43 Å². The molecule has 126 valence electrons. The Bertz CT molecular complexity index is 727. The molecule has 5 heteroatoms. The minimum atomic E-state index is -0.298. The fraction of sp³-hybridized carbons (Fsp3) is 0.421. The third-order valence-electron chi connectivity index (χ3n) is 4.73. The topological polar surface area (TPSA) is 59.3 Å². The van der Waals surface area contributed by atoms with Crippen molar-refractivity contribution < 1.29 is 4.79 Å². The summed E-state index contributed by atoms with van der Waals surface area (Å²) in [6.45, 7) is 4.27. The van der Waals surface area contributed by atoms with Gasteiger partial charge in [0.2, 0.25) is 0 Å². The molecule has 0 radical (unpaired) electrons. The van der Waals surface area contributed by atoms with Crippen LogP contribution in [0, 0.1) is 13.8 Å². The summed E-state index contributed by atoms with van der Waals surface area (Å²) >= 11 is 0. The highest BCUT2D eigenvalue weighted by molar-refractivity contribution is 5.93. The number of carbonyl (C=O) groups excluding carboxylic acids is 1. The quantitative estimate of drug-likeness (QED) is 0.687. The van der Waals surface area contributed by atoms with Crippen molar-refractivity contribution in [2.45, 2.75) is 52.0 Å². The number of aryl methyl sites for hydroxylation is 1. The van der Waals surface area contributed by atoms with E-state index >= 15 is 0 Å². The summed E-state index contributed by atoms with van der Waals surface area (Å²) in [6.07, 6.45) is 9.80. The Kier molecular flexibility index (Phi) is 5.08. The van der Waals surface area contributed by atoms with Gasteiger partial charge in [0, 0.05) is 29.2 Å². The molecule has 2 aromatic heterocycles. The lowest BCUT2D eigenvalue weighted by Gasteiger charge is -2.26. The lowest BCUT2D eigenvalue weighted by Crippen LogP contribution is -2.18. The Labute approximate surface area is 142 Å². The molecule has 0 unspecified atom stereocenters. The van der Waals surface area contributed by atoms with Crippen LogP contribution in [-0.2, 0) is 0 Å². The van der Waals surface area contributed by atoms with Crippen molar-refractivity contribution in [1.82, 2.24) is 15.0 Å². The van der Waals surface area contributed by atoms with Gasteiger partial charge in [-0.15, -0.1) is 0 Å². The van der Waals surface area contributed by atoms with E-state index in [1.165, 1.54) is 43.5 Å². The molecule has 1 saturated carbocycles. The van der Waals surface area contributed by atoms with Gasteiger partial charge in [-0.3, -0.25) is 9.78 Å². The third kappa shape index (κ3) is 3.55. The number of rotatable bonds is 4. The average molecular weight is 324 g/mol. The highest BCUT2D eigenvalue weighted by Crippen LogP contribution is 2.31. The third-order valence-corrected chi connectivity index (χ3v) is 4.73. The minimum absolute atomic E-state index is 0.298. The van der Waals surface area contributed by atoms with Crippen LogP contribution in [0.4, 0.5) is 0 Å². The van der Waals surface area contributed by atoms with Crippen LogP contribution in [0.1, 0.15) is 65.6 Å². The standard InChI is InChI=1S/C19H24N4O/c1-14-12-16(15(2)23(14)17-8-4-3-5-9-17)13-21-22-19(24)18-10-6-7-11-20-18/h6-7,10-13,17H,3-5,8-9H2,1-2H3,(H,22,24)/b21-13-. The summed E-state index contributed by atoms with van der Waals surface area (Å²) in [5.74, 6) is -0.298. The maximum absolute atomic E-state index is 11.9. The summed E-state index contributed by atoms with van der Waals surface area (Å²) in [6, 6.07) is 7.97. The molecule has 0 aromatic carbocycles. The van der Waals surface area contributed by atoms with Gasteiger partial charge in [-0.05, 0) is 44.9 Å². The second-order valence-corrected chi connectivity index (χ2v) is 6.40. The summed E-state index contributed by atoms with van der Waals surface area (Å²) in [4.78, 5) is 16.0. The second-order valence-electron chi connectivity index (χ2n) is 6.40. The van der Waals surface area contributed by atoms with E-state index in [-0.39, 0.29) is 5.91 Å². The summed E-state index contributed by atoms with van der Waals surface area (Å²) in [5.41, 5.74) is 6.44. The van der Waals surface area contributed by atoms with Gasteiger partial charge in [0.05, 0.1) is 6.21 Å². The number of amides is 1. The molecule has 1 amide bonds.